The SMILES string of the molecule is O=C(c1ccc(Cl)cc1)N(Cc1c(-c2ccccc2F)noc1N1CCOCC1)C[C@H]1CCCO1. The first kappa shape index (κ1) is 23.8. The van der Waals surface area contributed by atoms with Crippen molar-refractivity contribution in [2.75, 3.05) is 44.4 Å². The number of carbonyl (C=O) groups excluding carboxylic acids is 1. The lowest BCUT2D eigenvalue weighted by Gasteiger charge is -2.29. The molecule has 0 unspecified atom stereocenters. The lowest BCUT2D eigenvalue weighted by molar-refractivity contribution is 0.0507. The molecule has 0 saturated carbocycles. The summed E-state index contributed by atoms with van der Waals surface area (Å²) in [5.41, 5.74) is 1.91. The third-order valence-corrected chi connectivity index (χ3v) is 6.62. The van der Waals surface area contributed by atoms with Gasteiger partial charge >= 0.3 is 0 Å². The lowest BCUT2D eigenvalue weighted by atomic mass is 10.0. The van der Waals surface area contributed by atoms with Crippen molar-refractivity contribution >= 4 is 23.4 Å². The molecule has 2 aromatic carbocycles. The van der Waals surface area contributed by atoms with Crippen LogP contribution in [0.4, 0.5) is 10.3 Å². The van der Waals surface area contributed by atoms with Gasteiger partial charge in [-0.3, -0.25) is 4.79 Å². The van der Waals surface area contributed by atoms with Crippen molar-refractivity contribution in [3.8, 4) is 11.3 Å². The Bertz CT molecular complexity index is 1160. The smallest absolute Gasteiger partial charge is 0.254 e. The predicted molar refractivity (Wildman–Crippen MR) is 130 cm³/mol. The van der Waals surface area contributed by atoms with Crippen LogP contribution in [0, 0.1) is 5.82 Å². The topological polar surface area (TPSA) is 68.0 Å². The number of rotatable bonds is 7. The molecule has 1 amide bonds. The van der Waals surface area contributed by atoms with Crippen molar-refractivity contribution in [1.82, 2.24) is 10.1 Å². The van der Waals surface area contributed by atoms with Crippen LogP contribution in [0.15, 0.2) is 53.1 Å². The molecular weight excluding hydrogens is 473 g/mol. The molecular formula is C26H27ClFN3O4. The summed E-state index contributed by atoms with van der Waals surface area (Å²) in [6, 6.07) is 13.3. The Balaban J connectivity index is 1.53. The summed E-state index contributed by atoms with van der Waals surface area (Å²) in [7, 11) is 0. The highest BCUT2D eigenvalue weighted by Crippen LogP contribution is 2.35. The van der Waals surface area contributed by atoms with E-state index >= 15 is 0 Å². The van der Waals surface area contributed by atoms with E-state index < -0.39 is 5.82 Å². The zero-order valence-electron chi connectivity index (χ0n) is 19.3. The molecule has 2 fully saturated rings. The van der Waals surface area contributed by atoms with Crippen molar-refractivity contribution in [3.63, 3.8) is 0 Å². The minimum atomic E-state index is -0.398. The Morgan fingerprint density at radius 3 is 2.60 bits per heavy atom. The number of anilines is 1. The van der Waals surface area contributed by atoms with E-state index in [1.54, 1.807) is 47.4 Å². The van der Waals surface area contributed by atoms with E-state index in [2.05, 4.69) is 5.16 Å². The largest absolute Gasteiger partial charge is 0.378 e. The van der Waals surface area contributed by atoms with Crippen molar-refractivity contribution in [1.29, 1.82) is 0 Å². The summed E-state index contributed by atoms with van der Waals surface area (Å²) in [6.07, 6.45) is 1.78. The molecule has 0 spiro atoms. The average Bonchev–Trinajstić information content (AvgIpc) is 3.55. The summed E-state index contributed by atoms with van der Waals surface area (Å²) in [5.74, 6) is -0.0242. The van der Waals surface area contributed by atoms with Gasteiger partial charge in [-0.25, -0.2) is 4.39 Å². The van der Waals surface area contributed by atoms with E-state index in [1.807, 2.05) is 4.90 Å². The Morgan fingerprint density at radius 2 is 1.89 bits per heavy atom. The maximum Gasteiger partial charge on any atom is 0.254 e. The Kier molecular flexibility index (Phi) is 7.32. The minimum absolute atomic E-state index is 0.0603. The molecule has 2 saturated heterocycles. The van der Waals surface area contributed by atoms with Crippen molar-refractivity contribution < 1.29 is 23.2 Å². The standard InChI is InChI=1S/C26H27ClFN3O4/c27-19-9-7-18(8-10-19)25(32)31(16-20-4-3-13-34-20)17-22-24(21-5-1-2-6-23(21)28)29-35-26(22)30-11-14-33-15-12-30/h1-2,5-10,20H,3-4,11-17H2/t20-/m1/s1. The van der Waals surface area contributed by atoms with Gasteiger partial charge in [0.05, 0.1) is 31.4 Å². The van der Waals surface area contributed by atoms with E-state index in [-0.39, 0.29) is 18.6 Å². The molecule has 1 aromatic heterocycles. The first-order chi connectivity index (χ1) is 17.1. The van der Waals surface area contributed by atoms with Gasteiger partial charge in [-0.05, 0) is 49.2 Å². The molecule has 2 aliphatic heterocycles. The van der Waals surface area contributed by atoms with Crippen LogP contribution in [-0.4, -0.2) is 61.5 Å². The summed E-state index contributed by atoms with van der Waals surface area (Å²) in [5, 5.41) is 4.82. The van der Waals surface area contributed by atoms with Gasteiger partial charge in [0.1, 0.15) is 11.5 Å². The van der Waals surface area contributed by atoms with Crippen LogP contribution in [0.2, 0.25) is 5.02 Å². The number of benzene rings is 2. The van der Waals surface area contributed by atoms with E-state index in [0.29, 0.717) is 72.7 Å². The van der Waals surface area contributed by atoms with E-state index in [1.165, 1.54) is 6.07 Å². The summed E-state index contributed by atoms with van der Waals surface area (Å²) >= 11 is 6.04. The number of aromatic nitrogens is 1. The third-order valence-electron chi connectivity index (χ3n) is 6.37. The first-order valence-electron chi connectivity index (χ1n) is 11.8. The highest BCUT2D eigenvalue weighted by Gasteiger charge is 2.30. The second-order valence-electron chi connectivity index (χ2n) is 8.72. The van der Waals surface area contributed by atoms with Gasteiger partial charge in [0.15, 0.2) is 0 Å². The molecule has 35 heavy (non-hydrogen) atoms. The van der Waals surface area contributed by atoms with Crippen LogP contribution in [0.25, 0.3) is 11.3 Å². The Hall–Kier alpha value is -2.94. The molecule has 3 aromatic rings. The van der Waals surface area contributed by atoms with Crippen molar-refractivity contribution in [2.24, 2.45) is 0 Å². The number of halogens is 2. The van der Waals surface area contributed by atoms with Gasteiger partial charge in [0.25, 0.3) is 5.91 Å². The molecule has 0 aliphatic carbocycles. The van der Waals surface area contributed by atoms with Gasteiger partial charge in [0.2, 0.25) is 5.88 Å². The maximum absolute atomic E-state index is 14.8. The van der Waals surface area contributed by atoms with Gasteiger partial charge in [-0.1, -0.05) is 28.9 Å². The number of hydrogen-bond donors (Lipinski definition) is 0. The maximum atomic E-state index is 14.8. The van der Waals surface area contributed by atoms with Crippen LogP contribution < -0.4 is 4.90 Å². The van der Waals surface area contributed by atoms with Crippen molar-refractivity contribution in [3.05, 3.63) is 70.5 Å². The molecule has 9 heteroatoms. The summed E-state index contributed by atoms with van der Waals surface area (Å²) in [4.78, 5) is 17.4. The van der Waals surface area contributed by atoms with Gasteiger partial charge in [-0.15, -0.1) is 0 Å². The molecule has 1 atom stereocenters. The van der Waals surface area contributed by atoms with E-state index in [9.17, 15) is 9.18 Å². The zero-order chi connectivity index (χ0) is 24.2. The minimum Gasteiger partial charge on any atom is -0.378 e. The number of nitrogens with zero attached hydrogens (tertiary/aromatic N) is 3. The molecule has 0 N–H and O–H groups in total. The van der Waals surface area contributed by atoms with Crippen LogP contribution in [0.5, 0.6) is 0 Å². The second-order valence-corrected chi connectivity index (χ2v) is 9.16. The summed E-state index contributed by atoms with van der Waals surface area (Å²) < 4.78 is 31.9. The lowest BCUT2D eigenvalue weighted by Crippen LogP contribution is -2.39. The monoisotopic (exact) mass is 499 g/mol. The number of morpholine rings is 1. The van der Waals surface area contributed by atoms with Crippen LogP contribution in [0.1, 0.15) is 28.8 Å². The number of ether oxygens (including phenoxy) is 2. The molecule has 2 aliphatic rings. The van der Waals surface area contributed by atoms with Crippen LogP contribution >= 0.6 is 11.6 Å². The van der Waals surface area contributed by atoms with E-state index in [0.717, 1.165) is 12.8 Å². The fraction of sp³-hybridized carbons (Fsp3) is 0.385. The highest BCUT2D eigenvalue weighted by atomic mass is 35.5. The number of carbonyl (C=O) groups is 1. The number of amides is 1. The Morgan fingerprint density at radius 1 is 1.11 bits per heavy atom. The van der Waals surface area contributed by atoms with Crippen LogP contribution in [-0.2, 0) is 16.0 Å². The van der Waals surface area contributed by atoms with Gasteiger partial charge in [0, 0.05) is 42.4 Å². The molecule has 5 rings (SSSR count). The third kappa shape index (κ3) is 5.34. The van der Waals surface area contributed by atoms with Crippen molar-refractivity contribution in [2.45, 2.75) is 25.5 Å². The average molecular weight is 500 g/mol. The molecule has 3 heterocycles. The summed E-state index contributed by atoms with van der Waals surface area (Å²) in [6.45, 7) is 3.63. The van der Waals surface area contributed by atoms with Gasteiger partial charge in [-0.2, -0.15) is 0 Å². The fourth-order valence-corrected chi connectivity index (χ4v) is 4.67. The molecule has 184 valence electrons. The second kappa shape index (κ2) is 10.8. The molecule has 7 nitrogen and oxygen atoms in total. The zero-order valence-corrected chi connectivity index (χ0v) is 20.0. The quantitative estimate of drug-likeness (QED) is 0.465. The number of hydrogen-bond acceptors (Lipinski definition) is 6. The first-order valence-corrected chi connectivity index (χ1v) is 12.2. The molecule has 0 radical (unpaired) electrons. The van der Waals surface area contributed by atoms with E-state index in [4.69, 9.17) is 25.6 Å². The predicted octanol–water partition coefficient (Wildman–Crippen LogP) is 4.79. The Labute approximate surface area is 208 Å². The normalized spacial score (nSPS) is 18.1. The fourth-order valence-electron chi connectivity index (χ4n) is 4.54. The molecule has 0 bridgehead atoms. The highest BCUT2D eigenvalue weighted by molar-refractivity contribution is 6.30. The van der Waals surface area contributed by atoms with Gasteiger partial charge < -0.3 is 23.8 Å². The van der Waals surface area contributed by atoms with Crippen LogP contribution in [0.3, 0.4) is 0 Å².